The van der Waals surface area contributed by atoms with Gasteiger partial charge in [0.25, 0.3) is 0 Å². The number of nitrogens with zero attached hydrogens (tertiary/aromatic N) is 2. The lowest BCUT2D eigenvalue weighted by atomic mass is 9.76. The van der Waals surface area contributed by atoms with Crippen LogP contribution in [-0.4, -0.2) is 170 Å². The van der Waals surface area contributed by atoms with Gasteiger partial charge in [0.1, 0.15) is 17.6 Å². The van der Waals surface area contributed by atoms with Crippen LogP contribution in [0.25, 0.3) is 0 Å². The van der Waals surface area contributed by atoms with Gasteiger partial charge in [-0.1, -0.05) is 26.7 Å². The summed E-state index contributed by atoms with van der Waals surface area (Å²) in [5, 5.41) is 24.2. The second kappa shape index (κ2) is 24.5. The van der Waals surface area contributed by atoms with Crippen LogP contribution < -0.4 is 53.2 Å². The molecule has 0 aromatic rings. The Labute approximate surface area is 370 Å². The van der Waals surface area contributed by atoms with Crippen LogP contribution in [-0.2, 0) is 57.5 Å². The van der Waals surface area contributed by atoms with Crippen molar-refractivity contribution in [2.24, 2.45) is 11.8 Å². The van der Waals surface area contributed by atoms with Gasteiger partial charge in [0.15, 0.2) is 0 Å². The smallest absolute Gasteiger partial charge is 0.246 e. The molecule has 354 valence electrons. The highest BCUT2D eigenvalue weighted by atomic mass is 16.2. The highest BCUT2D eigenvalue weighted by Gasteiger charge is 2.53. The first-order valence-electron chi connectivity index (χ1n) is 21.9. The zero-order valence-electron chi connectivity index (χ0n) is 36.5. The third-order valence-electron chi connectivity index (χ3n) is 11.9. The summed E-state index contributed by atoms with van der Waals surface area (Å²) in [6.07, 6.45) is 4.65. The van der Waals surface area contributed by atoms with E-state index in [-0.39, 0.29) is 31.2 Å². The molecular weight excluding hydrogens is 841 g/mol. The van der Waals surface area contributed by atoms with Crippen molar-refractivity contribution in [1.29, 1.82) is 0 Å². The minimum absolute atomic E-state index is 0.0338. The van der Waals surface area contributed by atoms with E-state index in [0.29, 0.717) is 38.8 Å². The zero-order chi connectivity index (χ0) is 46.8. The summed E-state index contributed by atoms with van der Waals surface area (Å²) < 4.78 is 0. The molecule has 1 spiro atoms. The normalized spacial score (nSPS) is 27.2. The Morgan fingerprint density at radius 1 is 0.578 bits per heavy atom. The van der Waals surface area contributed by atoms with Gasteiger partial charge in [0, 0.05) is 19.6 Å². The molecule has 4 unspecified atom stereocenters. The Kier molecular flexibility index (Phi) is 19.2. The van der Waals surface area contributed by atoms with Gasteiger partial charge >= 0.3 is 0 Å². The maximum Gasteiger partial charge on any atom is 0.246 e. The van der Waals surface area contributed by atoms with Crippen molar-refractivity contribution in [1.82, 2.24) is 63.0 Å². The lowest BCUT2D eigenvalue weighted by Gasteiger charge is -2.39. The molecule has 3 aliphatic heterocycles. The Bertz CT molecular complexity index is 1810. The third-order valence-corrected chi connectivity index (χ3v) is 11.9. The van der Waals surface area contributed by atoms with Gasteiger partial charge in [0.2, 0.25) is 70.9 Å². The minimum Gasteiger partial charge on any atom is -0.347 e. The van der Waals surface area contributed by atoms with E-state index >= 15 is 0 Å². The third kappa shape index (κ3) is 14.9. The van der Waals surface area contributed by atoms with Crippen molar-refractivity contribution in [3.8, 4) is 0 Å². The first kappa shape index (κ1) is 50.3. The molecule has 5 atom stereocenters. The molecule has 24 heteroatoms. The Balaban J connectivity index is 1.51. The summed E-state index contributed by atoms with van der Waals surface area (Å²) in [6, 6.07) is -2.33. The molecule has 4 aliphatic rings. The summed E-state index contributed by atoms with van der Waals surface area (Å²) in [7, 11) is 0. The van der Waals surface area contributed by atoms with Crippen LogP contribution in [0.1, 0.15) is 78.1 Å². The first-order valence-corrected chi connectivity index (χ1v) is 21.9. The lowest BCUT2D eigenvalue weighted by Crippen LogP contribution is -2.65. The van der Waals surface area contributed by atoms with Gasteiger partial charge in [-0.05, 0) is 56.8 Å². The number of piperidine rings is 1. The average Bonchev–Trinajstić information content (AvgIpc) is 3.96. The standard InChI is InChI=1S/C40H62N12O12/c1-3-24(2)25-9-7-11-40(25)39(64)48-22-35(60)49-26(38(63)51-12-5-4-6-13-51)15-28(53)41-16-29(54)42-17-30(55)43-18-31(56)44-19-32(57)45-20-33(58)46-21-34(59)47-23-36(61)52-14-8-10-27(52)37(62)50-40/h24-27H,3-23H2,1-2H3,(H,41,53)(H,42,54)(H,43,55)(H,44,56)(H,45,57)(H,46,58)(H,47,59)(H,48,64)(H,49,60)(H,50,62)/t24-,25?,26?,27?,40?/m0/s1. The number of carbonyl (C=O) groups is 12. The summed E-state index contributed by atoms with van der Waals surface area (Å²) in [5.41, 5.74) is -1.45. The van der Waals surface area contributed by atoms with E-state index in [9.17, 15) is 57.5 Å². The summed E-state index contributed by atoms with van der Waals surface area (Å²) in [4.78, 5) is 158. The van der Waals surface area contributed by atoms with Crippen molar-refractivity contribution < 1.29 is 57.5 Å². The first-order chi connectivity index (χ1) is 30.5. The van der Waals surface area contributed by atoms with E-state index in [1.807, 2.05) is 13.8 Å². The lowest BCUT2D eigenvalue weighted by molar-refractivity contribution is -0.143. The number of likely N-dealkylation sites (tertiary alicyclic amines) is 1. The predicted molar refractivity (Wildman–Crippen MR) is 223 cm³/mol. The van der Waals surface area contributed by atoms with Crippen LogP contribution in [0.2, 0.25) is 0 Å². The highest BCUT2D eigenvalue weighted by molar-refractivity contribution is 5.99. The molecule has 3 heterocycles. The van der Waals surface area contributed by atoms with Gasteiger partial charge < -0.3 is 63.0 Å². The molecule has 24 nitrogen and oxygen atoms in total. The summed E-state index contributed by atoms with van der Waals surface area (Å²) in [5.74, 6) is -8.81. The molecule has 10 N–H and O–H groups in total. The van der Waals surface area contributed by atoms with Crippen LogP contribution in [0.5, 0.6) is 0 Å². The average molecular weight is 903 g/mol. The molecule has 1 saturated carbocycles. The molecular formula is C40H62N12O12. The van der Waals surface area contributed by atoms with Crippen molar-refractivity contribution in [3.63, 3.8) is 0 Å². The molecule has 0 aromatic carbocycles. The van der Waals surface area contributed by atoms with Crippen LogP contribution in [0.15, 0.2) is 0 Å². The van der Waals surface area contributed by atoms with Crippen molar-refractivity contribution in [2.45, 2.75) is 95.7 Å². The van der Waals surface area contributed by atoms with Crippen molar-refractivity contribution in [3.05, 3.63) is 0 Å². The van der Waals surface area contributed by atoms with Gasteiger partial charge in [-0.2, -0.15) is 0 Å². The SMILES string of the molecule is CC[C@H](C)C1CCCC12NC(=O)C1CCCN1C(=O)CNC(=O)CNC(=O)CNC(=O)CNC(=O)CNC(=O)CNC(=O)CNC(=O)CC(C(=O)N1CCCCC1)NC(=O)CNC2=O. The van der Waals surface area contributed by atoms with Crippen LogP contribution >= 0.6 is 0 Å². The molecule has 64 heavy (non-hydrogen) atoms. The van der Waals surface area contributed by atoms with E-state index in [0.717, 1.165) is 19.3 Å². The van der Waals surface area contributed by atoms with E-state index in [1.165, 1.54) is 9.80 Å². The van der Waals surface area contributed by atoms with Crippen LogP contribution in [0, 0.1) is 11.8 Å². The number of amides is 12. The van der Waals surface area contributed by atoms with Gasteiger partial charge in [0.05, 0.1) is 58.8 Å². The molecule has 12 amide bonds. The maximum atomic E-state index is 14.3. The predicted octanol–water partition coefficient (Wildman–Crippen LogP) is -5.49. The molecule has 0 radical (unpaired) electrons. The second-order valence-electron chi connectivity index (χ2n) is 16.4. The van der Waals surface area contributed by atoms with E-state index in [1.54, 1.807) is 0 Å². The monoisotopic (exact) mass is 902 g/mol. The number of carbonyl (C=O) groups excluding carboxylic acids is 12. The quantitative estimate of drug-likeness (QED) is 0.127. The van der Waals surface area contributed by atoms with Gasteiger partial charge in [-0.15, -0.1) is 0 Å². The fourth-order valence-corrected chi connectivity index (χ4v) is 8.30. The summed E-state index contributed by atoms with van der Waals surface area (Å²) in [6.45, 7) is 0.441. The Morgan fingerprint density at radius 3 is 1.58 bits per heavy atom. The van der Waals surface area contributed by atoms with Crippen molar-refractivity contribution >= 4 is 70.9 Å². The Morgan fingerprint density at radius 2 is 1.06 bits per heavy atom. The molecule has 4 rings (SSSR count). The molecule has 0 aromatic heterocycles. The van der Waals surface area contributed by atoms with E-state index in [2.05, 4.69) is 53.2 Å². The molecule has 1 aliphatic carbocycles. The number of fused-ring (bicyclic) bond motifs is 1. The highest BCUT2D eigenvalue weighted by Crippen LogP contribution is 2.42. The topological polar surface area (TPSA) is 332 Å². The number of rotatable bonds is 3. The molecule has 4 fully saturated rings. The maximum absolute atomic E-state index is 14.3. The number of hydrogen-bond donors (Lipinski definition) is 10. The van der Waals surface area contributed by atoms with Crippen LogP contribution in [0.3, 0.4) is 0 Å². The molecule has 0 bridgehead atoms. The largest absolute Gasteiger partial charge is 0.347 e. The van der Waals surface area contributed by atoms with Crippen molar-refractivity contribution in [2.75, 3.05) is 72.0 Å². The van der Waals surface area contributed by atoms with E-state index < -0.39 is 147 Å². The van der Waals surface area contributed by atoms with Crippen LogP contribution in [0.4, 0.5) is 0 Å². The van der Waals surface area contributed by atoms with Gasteiger partial charge in [-0.3, -0.25) is 57.5 Å². The fourth-order valence-electron chi connectivity index (χ4n) is 8.30. The number of nitrogens with one attached hydrogen (secondary N) is 10. The Hall–Kier alpha value is -6.36. The summed E-state index contributed by atoms with van der Waals surface area (Å²) >= 11 is 0. The second-order valence-corrected chi connectivity index (χ2v) is 16.4. The molecule has 3 saturated heterocycles. The zero-order valence-corrected chi connectivity index (χ0v) is 36.5. The van der Waals surface area contributed by atoms with Gasteiger partial charge in [-0.25, -0.2) is 0 Å². The van der Waals surface area contributed by atoms with E-state index in [4.69, 9.17) is 0 Å². The number of hydrogen-bond acceptors (Lipinski definition) is 12. The minimum atomic E-state index is -1.45. The fraction of sp³-hybridized carbons (Fsp3) is 0.700.